The van der Waals surface area contributed by atoms with Gasteiger partial charge in [-0.15, -0.1) is 0 Å². The fraction of sp³-hybridized carbons (Fsp3) is 0.367. The van der Waals surface area contributed by atoms with Crippen molar-refractivity contribution in [3.63, 3.8) is 0 Å². The number of likely N-dealkylation sites (tertiary alicyclic amines) is 1. The third kappa shape index (κ3) is 5.59. The Morgan fingerprint density at radius 3 is 2.61 bits per heavy atom. The molecule has 8 nitrogen and oxygen atoms in total. The zero-order chi connectivity index (χ0) is 26.5. The standard InChI is InChI=1S/C30H36N6O2/c1-2-15-32-29(38)36-17-14-30(21-36)13-6-16-35(20-30)27-12-10-24(19-33-27)28(37)34-26-18-23(9-11-25(26)31)22-7-4-3-5-8-22/h3-5,7-12,18-19H,2,6,13-17,20-21,31H2,1H3,(H,32,38)(H,34,37). The van der Waals surface area contributed by atoms with Gasteiger partial charge in [0.2, 0.25) is 0 Å². The first-order valence-electron chi connectivity index (χ1n) is 13.5. The Hall–Kier alpha value is -4.07. The highest BCUT2D eigenvalue weighted by Crippen LogP contribution is 2.40. The van der Waals surface area contributed by atoms with E-state index in [1.165, 1.54) is 0 Å². The summed E-state index contributed by atoms with van der Waals surface area (Å²) in [6.07, 6.45) is 5.75. The van der Waals surface area contributed by atoms with Gasteiger partial charge in [-0.3, -0.25) is 4.79 Å². The number of urea groups is 1. The van der Waals surface area contributed by atoms with Gasteiger partial charge < -0.3 is 26.2 Å². The van der Waals surface area contributed by atoms with Crippen molar-refractivity contribution in [1.82, 2.24) is 15.2 Å². The number of nitrogen functional groups attached to an aromatic ring is 1. The Kier molecular flexibility index (Phi) is 7.49. The van der Waals surface area contributed by atoms with Crippen molar-refractivity contribution in [2.24, 2.45) is 5.41 Å². The number of hydrogen-bond acceptors (Lipinski definition) is 5. The number of benzene rings is 2. The molecule has 2 fully saturated rings. The number of anilines is 3. The molecule has 8 heteroatoms. The maximum absolute atomic E-state index is 13.0. The number of nitrogens with one attached hydrogen (secondary N) is 2. The van der Waals surface area contributed by atoms with Crippen LogP contribution in [0.3, 0.4) is 0 Å². The molecule has 0 aliphatic carbocycles. The van der Waals surface area contributed by atoms with E-state index in [2.05, 4.69) is 27.4 Å². The van der Waals surface area contributed by atoms with E-state index in [9.17, 15) is 9.59 Å². The summed E-state index contributed by atoms with van der Waals surface area (Å²) in [5.41, 5.74) is 9.86. The lowest BCUT2D eigenvalue weighted by molar-refractivity contribution is 0.102. The highest BCUT2D eigenvalue weighted by Gasteiger charge is 2.43. The van der Waals surface area contributed by atoms with Gasteiger partial charge >= 0.3 is 6.03 Å². The molecule has 2 aliphatic heterocycles. The molecule has 1 unspecified atom stereocenters. The van der Waals surface area contributed by atoms with Crippen molar-refractivity contribution in [2.45, 2.75) is 32.6 Å². The maximum Gasteiger partial charge on any atom is 0.317 e. The average molecular weight is 513 g/mol. The smallest absolute Gasteiger partial charge is 0.317 e. The molecule has 2 saturated heterocycles. The van der Waals surface area contributed by atoms with Crippen molar-refractivity contribution in [2.75, 3.05) is 48.7 Å². The number of piperidine rings is 1. The number of hydrogen-bond donors (Lipinski definition) is 3. The van der Waals surface area contributed by atoms with E-state index in [0.717, 1.165) is 68.8 Å². The molecule has 5 rings (SSSR count). The molecule has 0 bridgehead atoms. The summed E-state index contributed by atoms with van der Waals surface area (Å²) in [7, 11) is 0. The first-order chi connectivity index (χ1) is 18.5. The molecule has 38 heavy (non-hydrogen) atoms. The lowest BCUT2D eigenvalue weighted by Gasteiger charge is -2.41. The molecular formula is C30H36N6O2. The summed E-state index contributed by atoms with van der Waals surface area (Å²) < 4.78 is 0. The Bertz CT molecular complexity index is 1280. The number of rotatable bonds is 6. The zero-order valence-electron chi connectivity index (χ0n) is 22.0. The quantitative estimate of drug-likeness (QED) is 0.404. The molecule has 3 amide bonds. The molecule has 2 aromatic carbocycles. The van der Waals surface area contributed by atoms with Gasteiger partial charge in [0.1, 0.15) is 5.82 Å². The van der Waals surface area contributed by atoms with Crippen molar-refractivity contribution in [3.05, 3.63) is 72.4 Å². The average Bonchev–Trinajstić information content (AvgIpc) is 3.36. The van der Waals surface area contributed by atoms with Crippen molar-refractivity contribution >= 4 is 29.1 Å². The van der Waals surface area contributed by atoms with Crippen LogP contribution < -0.4 is 21.3 Å². The summed E-state index contributed by atoms with van der Waals surface area (Å²) in [4.78, 5) is 34.4. The lowest BCUT2D eigenvalue weighted by Crippen LogP contribution is -2.47. The van der Waals surface area contributed by atoms with Gasteiger partial charge in [-0.1, -0.05) is 43.3 Å². The van der Waals surface area contributed by atoms with Gasteiger partial charge in [-0.25, -0.2) is 9.78 Å². The predicted octanol–water partition coefficient (Wildman–Crippen LogP) is 5.00. The predicted molar refractivity (Wildman–Crippen MR) is 152 cm³/mol. The van der Waals surface area contributed by atoms with Gasteiger partial charge in [-0.2, -0.15) is 0 Å². The highest BCUT2D eigenvalue weighted by atomic mass is 16.2. The van der Waals surface area contributed by atoms with Crippen LogP contribution in [0.4, 0.5) is 22.0 Å². The molecule has 0 radical (unpaired) electrons. The SMILES string of the molecule is CCCNC(=O)N1CCC2(CCCN(c3ccc(C(=O)Nc4cc(-c5ccccc5)ccc4N)cn3)C2)C1. The first-order valence-corrected chi connectivity index (χ1v) is 13.5. The van der Waals surface area contributed by atoms with Crippen LogP contribution in [0.1, 0.15) is 43.0 Å². The van der Waals surface area contributed by atoms with Crippen molar-refractivity contribution in [1.29, 1.82) is 0 Å². The molecular weight excluding hydrogens is 476 g/mol. The molecule has 4 N–H and O–H groups in total. The van der Waals surface area contributed by atoms with Gasteiger partial charge in [0.15, 0.2) is 0 Å². The third-order valence-electron chi connectivity index (χ3n) is 7.66. The number of pyridine rings is 1. The molecule has 1 spiro atoms. The van der Waals surface area contributed by atoms with Crippen LogP contribution in [0.2, 0.25) is 0 Å². The van der Waals surface area contributed by atoms with Crippen LogP contribution in [0.15, 0.2) is 66.9 Å². The summed E-state index contributed by atoms with van der Waals surface area (Å²) in [6, 6.07) is 19.4. The van der Waals surface area contributed by atoms with Crippen LogP contribution in [0, 0.1) is 5.41 Å². The molecule has 198 valence electrons. The topological polar surface area (TPSA) is 104 Å². The second-order valence-electron chi connectivity index (χ2n) is 10.5. The fourth-order valence-corrected chi connectivity index (χ4v) is 5.57. The van der Waals surface area contributed by atoms with E-state index in [1.807, 2.05) is 65.6 Å². The van der Waals surface area contributed by atoms with E-state index in [-0.39, 0.29) is 17.4 Å². The minimum Gasteiger partial charge on any atom is -0.397 e. The van der Waals surface area contributed by atoms with E-state index < -0.39 is 0 Å². The normalized spacial score (nSPS) is 19.0. The van der Waals surface area contributed by atoms with Gasteiger partial charge in [0.25, 0.3) is 5.91 Å². The Labute approximate surface area is 224 Å². The van der Waals surface area contributed by atoms with E-state index in [1.54, 1.807) is 6.20 Å². The minimum atomic E-state index is -0.249. The summed E-state index contributed by atoms with van der Waals surface area (Å²) >= 11 is 0. The third-order valence-corrected chi connectivity index (χ3v) is 7.66. The van der Waals surface area contributed by atoms with Crippen LogP contribution in [0.25, 0.3) is 11.1 Å². The number of nitrogens with zero attached hydrogens (tertiary/aromatic N) is 3. The second-order valence-corrected chi connectivity index (χ2v) is 10.5. The zero-order valence-corrected chi connectivity index (χ0v) is 22.0. The Balaban J connectivity index is 1.23. The van der Waals surface area contributed by atoms with Crippen LogP contribution in [0.5, 0.6) is 0 Å². The second kappa shape index (κ2) is 11.1. The number of aromatic nitrogens is 1. The number of carbonyl (C=O) groups excluding carboxylic acids is 2. The van der Waals surface area contributed by atoms with E-state index >= 15 is 0 Å². The van der Waals surface area contributed by atoms with Gasteiger partial charge in [0, 0.05) is 44.3 Å². The summed E-state index contributed by atoms with van der Waals surface area (Å²) in [5.74, 6) is 0.612. The van der Waals surface area contributed by atoms with Crippen LogP contribution in [-0.4, -0.2) is 54.5 Å². The highest BCUT2D eigenvalue weighted by molar-refractivity contribution is 6.06. The summed E-state index contributed by atoms with van der Waals surface area (Å²) in [5, 5.41) is 5.95. The Morgan fingerprint density at radius 2 is 1.84 bits per heavy atom. The van der Waals surface area contributed by atoms with Crippen LogP contribution >= 0.6 is 0 Å². The minimum absolute atomic E-state index is 0.0456. The first kappa shape index (κ1) is 25.6. The molecule has 1 aromatic heterocycles. The summed E-state index contributed by atoms with van der Waals surface area (Å²) in [6.45, 7) is 6.14. The van der Waals surface area contributed by atoms with Gasteiger partial charge in [-0.05, 0) is 61.1 Å². The molecule has 2 aliphatic rings. The maximum atomic E-state index is 13.0. The Morgan fingerprint density at radius 1 is 1.00 bits per heavy atom. The molecule has 0 saturated carbocycles. The van der Waals surface area contributed by atoms with E-state index in [4.69, 9.17) is 5.73 Å². The molecule has 3 aromatic rings. The number of carbonyl (C=O) groups is 2. The number of amides is 3. The lowest BCUT2D eigenvalue weighted by atomic mass is 9.79. The number of nitrogens with two attached hydrogens (primary N) is 1. The van der Waals surface area contributed by atoms with Crippen molar-refractivity contribution < 1.29 is 9.59 Å². The fourth-order valence-electron chi connectivity index (χ4n) is 5.57. The van der Waals surface area contributed by atoms with Gasteiger partial charge in [0.05, 0.1) is 16.9 Å². The monoisotopic (exact) mass is 512 g/mol. The van der Waals surface area contributed by atoms with E-state index in [0.29, 0.717) is 23.5 Å². The molecule has 3 heterocycles. The van der Waals surface area contributed by atoms with Crippen LogP contribution in [-0.2, 0) is 0 Å². The van der Waals surface area contributed by atoms with Crippen molar-refractivity contribution in [3.8, 4) is 11.1 Å². The molecule has 1 atom stereocenters. The largest absolute Gasteiger partial charge is 0.397 e.